The Morgan fingerprint density at radius 1 is 1.03 bits per heavy atom. The molecule has 0 aromatic heterocycles. The van der Waals surface area contributed by atoms with Gasteiger partial charge in [0.05, 0.1) is 9.85 Å². The van der Waals surface area contributed by atoms with Crippen molar-refractivity contribution in [2.45, 2.75) is 6.61 Å². The summed E-state index contributed by atoms with van der Waals surface area (Å²) in [6, 6.07) is 18.1. The highest BCUT2D eigenvalue weighted by atomic mass is 79.9. The smallest absolute Gasteiger partial charge is 0.271 e. The van der Waals surface area contributed by atoms with Crippen molar-refractivity contribution in [3.05, 3.63) is 108 Å². The van der Waals surface area contributed by atoms with Crippen LogP contribution in [-0.2, 0) is 11.4 Å². The second-order valence-corrected chi connectivity index (χ2v) is 7.74. The summed E-state index contributed by atoms with van der Waals surface area (Å²) in [6.45, 7) is 0.0198. The number of amides is 1. The standard InChI is InChI=1S/C23H15BrN4O6/c24-18-7-8-22(34-14-15-3-1-5-20(9-15)27(30)31)16(11-18)10-17(13-25)23(29)26-19-4-2-6-21(12-19)28(32)33/h1-12H,14H2,(H,26,29)/b17-10+. The maximum Gasteiger partial charge on any atom is 0.271 e. The third-order valence-corrected chi connectivity index (χ3v) is 4.96. The molecule has 0 radical (unpaired) electrons. The fourth-order valence-corrected chi connectivity index (χ4v) is 3.26. The van der Waals surface area contributed by atoms with Gasteiger partial charge in [-0.25, -0.2) is 0 Å². The van der Waals surface area contributed by atoms with Crippen molar-refractivity contribution >= 4 is 45.0 Å². The Labute approximate surface area is 201 Å². The number of nitrogens with one attached hydrogen (secondary N) is 1. The largest absolute Gasteiger partial charge is 0.488 e. The predicted octanol–water partition coefficient (Wildman–Crippen LogP) is 5.39. The zero-order chi connectivity index (χ0) is 24.7. The van der Waals surface area contributed by atoms with E-state index in [1.807, 2.05) is 6.07 Å². The molecule has 0 atom stereocenters. The van der Waals surface area contributed by atoms with Crippen LogP contribution in [0, 0.1) is 31.6 Å². The molecule has 0 spiro atoms. The van der Waals surface area contributed by atoms with E-state index < -0.39 is 15.8 Å². The maximum atomic E-state index is 12.6. The lowest BCUT2D eigenvalue weighted by molar-refractivity contribution is -0.385. The summed E-state index contributed by atoms with van der Waals surface area (Å²) in [5.41, 5.74) is 0.605. The van der Waals surface area contributed by atoms with Crippen LogP contribution in [-0.4, -0.2) is 15.8 Å². The first-order chi connectivity index (χ1) is 16.3. The zero-order valence-corrected chi connectivity index (χ0v) is 18.9. The molecule has 3 rings (SSSR count). The number of benzene rings is 3. The fraction of sp³-hybridized carbons (Fsp3) is 0.0435. The van der Waals surface area contributed by atoms with E-state index in [1.165, 1.54) is 42.5 Å². The zero-order valence-electron chi connectivity index (χ0n) is 17.3. The molecule has 1 amide bonds. The molecule has 34 heavy (non-hydrogen) atoms. The van der Waals surface area contributed by atoms with Gasteiger partial charge in [0.1, 0.15) is 24.0 Å². The summed E-state index contributed by atoms with van der Waals surface area (Å²) in [4.78, 5) is 33.4. The molecule has 3 aromatic rings. The van der Waals surface area contributed by atoms with Gasteiger partial charge in [-0.05, 0) is 35.9 Å². The van der Waals surface area contributed by atoms with Gasteiger partial charge in [0.25, 0.3) is 17.3 Å². The molecular formula is C23H15BrN4O6. The Morgan fingerprint density at radius 2 is 1.71 bits per heavy atom. The molecule has 0 saturated heterocycles. The van der Waals surface area contributed by atoms with Crippen LogP contribution in [0.5, 0.6) is 5.75 Å². The molecule has 11 heteroatoms. The van der Waals surface area contributed by atoms with Crippen LogP contribution in [0.15, 0.2) is 76.8 Å². The molecule has 3 aromatic carbocycles. The summed E-state index contributed by atoms with van der Waals surface area (Å²) in [6.07, 6.45) is 1.32. The van der Waals surface area contributed by atoms with Gasteiger partial charge in [-0.1, -0.05) is 34.1 Å². The number of nitriles is 1. The van der Waals surface area contributed by atoms with Crippen molar-refractivity contribution in [3.63, 3.8) is 0 Å². The SMILES string of the molecule is N#C/C(=C\c1cc(Br)ccc1OCc1cccc([N+](=O)[O-])c1)C(=O)Nc1cccc([N+](=O)[O-])c1. The molecule has 0 aliphatic rings. The van der Waals surface area contributed by atoms with E-state index in [0.29, 0.717) is 21.3 Å². The second-order valence-electron chi connectivity index (χ2n) is 6.83. The summed E-state index contributed by atoms with van der Waals surface area (Å²) in [5.74, 6) is -0.418. The summed E-state index contributed by atoms with van der Waals surface area (Å²) >= 11 is 3.33. The lowest BCUT2D eigenvalue weighted by atomic mass is 10.1. The Morgan fingerprint density at radius 3 is 2.38 bits per heavy atom. The molecule has 0 aliphatic heterocycles. The number of nitrogens with zero attached hydrogens (tertiary/aromatic N) is 3. The van der Waals surface area contributed by atoms with Crippen molar-refractivity contribution in [1.29, 1.82) is 5.26 Å². The average molecular weight is 523 g/mol. The first kappa shape index (κ1) is 24.1. The number of halogens is 1. The molecular weight excluding hydrogens is 508 g/mol. The van der Waals surface area contributed by atoms with Crippen LogP contribution in [0.1, 0.15) is 11.1 Å². The number of hydrogen-bond donors (Lipinski definition) is 1. The molecule has 10 nitrogen and oxygen atoms in total. The van der Waals surface area contributed by atoms with Gasteiger partial charge >= 0.3 is 0 Å². The van der Waals surface area contributed by atoms with Gasteiger partial charge in [-0.2, -0.15) is 5.26 Å². The van der Waals surface area contributed by atoms with E-state index in [4.69, 9.17) is 4.74 Å². The van der Waals surface area contributed by atoms with Gasteiger partial charge in [0.2, 0.25) is 0 Å². The minimum Gasteiger partial charge on any atom is -0.488 e. The van der Waals surface area contributed by atoms with Crippen LogP contribution in [0.25, 0.3) is 6.08 Å². The number of rotatable bonds is 8. The minimum absolute atomic E-state index is 0.0198. The average Bonchev–Trinajstić information content (AvgIpc) is 2.82. The Hall–Kier alpha value is -4.56. The molecule has 0 bridgehead atoms. The molecule has 0 unspecified atom stereocenters. The maximum absolute atomic E-state index is 12.6. The first-order valence-corrected chi connectivity index (χ1v) is 10.4. The first-order valence-electron chi connectivity index (χ1n) is 9.60. The Balaban J connectivity index is 1.83. The molecule has 0 saturated carbocycles. The molecule has 170 valence electrons. The third-order valence-electron chi connectivity index (χ3n) is 4.47. The molecule has 1 N–H and O–H groups in total. The molecule has 0 aliphatic carbocycles. The highest BCUT2D eigenvalue weighted by molar-refractivity contribution is 9.10. The van der Waals surface area contributed by atoms with Crippen LogP contribution < -0.4 is 10.1 Å². The second kappa shape index (κ2) is 10.8. The highest BCUT2D eigenvalue weighted by Crippen LogP contribution is 2.27. The predicted molar refractivity (Wildman–Crippen MR) is 127 cm³/mol. The van der Waals surface area contributed by atoms with Crippen LogP contribution in [0.4, 0.5) is 17.1 Å². The number of carbonyl (C=O) groups excluding carboxylic acids is 1. The van der Waals surface area contributed by atoms with E-state index in [2.05, 4.69) is 21.2 Å². The number of ether oxygens (including phenoxy) is 1. The Bertz CT molecular complexity index is 1350. The van der Waals surface area contributed by atoms with Crippen LogP contribution >= 0.6 is 15.9 Å². The highest BCUT2D eigenvalue weighted by Gasteiger charge is 2.14. The van der Waals surface area contributed by atoms with Crippen LogP contribution in [0.2, 0.25) is 0 Å². The summed E-state index contributed by atoms with van der Waals surface area (Å²) in [7, 11) is 0. The van der Waals surface area contributed by atoms with Gasteiger partial charge in [-0.3, -0.25) is 25.0 Å². The van der Waals surface area contributed by atoms with Crippen LogP contribution in [0.3, 0.4) is 0 Å². The number of nitro benzene ring substituents is 2. The van der Waals surface area contributed by atoms with E-state index in [9.17, 15) is 30.3 Å². The van der Waals surface area contributed by atoms with Gasteiger partial charge in [-0.15, -0.1) is 0 Å². The Kier molecular flexibility index (Phi) is 7.68. The van der Waals surface area contributed by atoms with Gasteiger partial charge in [0, 0.05) is 40.0 Å². The lowest BCUT2D eigenvalue weighted by Crippen LogP contribution is -2.13. The van der Waals surface area contributed by atoms with Crippen molar-refractivity contribution in [1.82, 2.24) is 0 Å². The number of hydrogen-bond acceptors (Lipinski definition) is 7. The van der Waals surface area contributed by atoms with E-state index in [-0.39, 0.29) is 29.2 Å². The molecule has 0 fully saturated rings. The normalized spacial score (nSPS) is 10.8. The summed E-state index contributed by atoms with van der Waals surface area (Å²) in [5, 5.41) is 33.9. The van der Waals surface area contributed by atoms with Crippen molar-refractivity contribution in [2.24, 2.45) is 0 Å². The number of non-ortho nitro benzene ring substituents is 2. The van der Waals surface area contributed by atoms with E-state index in [0.717, 1.165) is 0 Å². The number of anilines is 1. The molecule has 0 heterocycles. The van der Waals surface area contributed by atoms with E-state index >= 15 is 0 Å². The number of carbonyl (C=O) groups is 1. The summed E-state index contributed by atoms with van der Waals surface area (Å²) < 4.78 is 6.46. The van der Waals surface area contributed by atoms with Crippen molar-refractivity contribution in [3.8, 4) is 11.8 Å². The monoisotopic (exact) mass is 522 g/mol. The topological polar surface area (TPSA) is 148 Å². The number of nitro groups is 2. The van der Waals surface area contributed by atoms with Crippen molar-refractivity contribution < 1.29 is 19.4 Å². The third kappa shape index (κ3) is 6.24. The fourth-order valence-electron chi connectivity index (χ4n) is 2.88. The van der Waals surface area contributed by atoms with Gasteiger partial charge in [0.15, 0.2) is 0 Å². The van der Waals surface area contributed by atoms with Crippen molar-refractivity contribution in [2.75, 3.05) is 5.32 Å². The lowest BCUT2D eigenvalue weighted by Gasteiger charge is -2.11. The quantitative estimate of drug-likeness (QED) is 0.180. The van der Waals surface area contributed by atoms with E-state index in [1.54, 1.807) is 30.3 Å². The minimum atomic E-state index is -0.757. The van der Waals surface area contributed by atoms with Gasteiger partial charge < -0.3 is 10.1 Å².